The number of benzene rings is 2. The van der Waals surface area contributed by atoms with Gasteiger partial charge in [-0.3, -0.25) is 9.59 Å². The Kier molecular flexibility index (Phi) is 7.62. The third kappa shape index (κ3) is 5.31. The van der Waals surface area contributed by atoms with Crippen molar-refractivity contribution in [1.82, 2.24) is 0 Å². The van der Waals surface area contributed by atoms with Gasteiger partial charge in [0.15, 0.2) is 0 Å². The van der Waals surface area contributed by atoms with Gasteiger partial charge in [0.1, 0.15) is 0 Å². The maximum Gasteiger partial charge on any atom is 0.314 e. The monoisotopic (exact) mass is 352 g/mol. The normalized spacial score (nSPS) is 13.2. The zero-order valence-corrected chi connectivity index (χ0v) is 15.1. The Labute approximate surface area is 154 Å². The van der Waals surface area contributed by atoms with Crippen molar-refractivity contribution < 1.29 is 19.1 Å². The van der Waals surface area contributed by atoms with Gasteiger partial charge in [-0.2, -0.15) is 0 Å². The van der Waals surface area contributed by atoms with Crippen LogP contribution in [0.15, 0.2) is 66.7 Å². The maximum atomic E-state index is 12.6. The molecule has 2 aromatic rings. The number of hydrogen-bond donors (Lipinski definition) is 0. The molecule has 0 amide bonds. The lowest BCUT2D eigenvalue weighted by molar-refractivity contribution is -0.155. The fourth-order valence-corrected chi connectivity index (χ4v) is 2.73. The highest BCUT2D eigenvalue weighted by Crippen LogP contribution is 2.29. The molecule has 0 spiro atoms. The van der Waals surface area contributed by atoms with Crippen molar-refractivity contribution in [2.45, 2.75) is 19.8 Å². The number of ether oxygens (including phenoxy) is 2. The average Bonchev–Trinajstić information content (AvgIpc) is 2.67. The first-order chi connectivity index (χ1) is 12.7. The summed E-state index contributed by atoms with van der Waals surface area (Å²) in [6.07, 6.45) is 3.55. The summed E-state index contributed by atoms with van der Waals surface area (Å²) in [6, 6.07) is 18.8. The molecule has 26 heavy (non-hydrogen) atoms. The second-order valence-corrected chi connectivity index (χ2v) is 5.69. The summed E-state index contributed by atoms with van der Waals surface area (Å²) in [5, 5.41) is 0. The second kappa shape index (κ2) is 10.2. The lowest BCUT2D eigenvalue weighted by Crippen LogP contribution is -2.30. The Morgan fingerprint density at radius 2 is 1.38 bits per heavy atom. The highest BCUT2D eigenvalue weighted by molar-refractivity contribution is 5.88. The van der Waals surface area contributed by atoms with Gasteiger partial charge in [0.2, 0.25) is 0 Å². The molecule has 0 heterocycles. The Bertz CT molecular complexity index is 722. The van der Waals surface area contributed by atoms with Gasteiger partial charge < -0.3 is 9.47 Å². The molecule has 0 bridgehead atoms. The predicted molar refractivity (Wildman–Crippen MR) is 101 cm³/mol. The molecule has 0 saturated heterocycles. The molecule has 2 atom stereocenters. The Morgan fingerprint density at radius 1 is 0.846 bits per heavy atom. The summed E-state index contributed by atoms with van der Waals surface area (Å²) >= 11 is 0. The van der Waals surface area contributed by atoms with Crippen molar-refractivity contribution in [3.8, 4) is 0 Å². The fraction of sp³-hybridized carbons (Fsp3) is 0.273. The lowest BCUT2D eigenvalue weighted by Gasteiger charge is -2.22. The molecule has 0 aliphatic rings. The van der Waals surface area contributed by atoms with E-state index in [-0.39, 0.29) is 13.2 Å². The summed E-state index contributed by atoms with van der Waals surface area (Å²) in [5.74, 6) is -2.40. The van der Waals surface area contributed by atoms with E-state index in [9.17, 15) is 9.59 Å². The molecule has 4 nitrogen and oxygen atoms in total. The largest absolute Gasteiger partial charge is 0.466 e. The molecule has 0 radical (unpaired) electrons. The van der Waals surface area contributed by atoms with E-state index in [1.54, 1.807) is 19.9 Å². The molecule has 0 aliphatic heterocycles. The van der Waals surface area contributed by atoms with E-state index in [2.05, 4.69) is 0 Å². The molecule has 136 valence electrons. The molecule has 2 rings (SSSR count). The van der Waals surface area contributed by atoms with Gasteiger partial charge in [0.25, 0.3) is 0 Å². The molecule has 0 aliphatic carbocycles. The van der Waals surface area contributed by atoms with Crippen molar-refractivity contribution in [2.75, 3.05) is 13.2 Å². The standard InChI is InChI=1S/C22H24O4/c1-3-25-21(23)19(16-15-17-11-7-5-8-12-17)20(22(24)26-4-2)18-13-9-6-10-14-18/h5-16,19-20H,3-4H2,1-2H3/b16-15+. The molecular formula is C22H24O4. The van der Waals surface area contributed by atoms with E-state index in [1.807, 2.05) is 66.7 Å². The Balaban J connectivity index is 2.42. The van der Waals surface area contributed by atoms with Crippen molar-refractivity contribution >= 4 is 18.0 Å². The molecule has 0 N–H and O–H groups in total. The van der Waals surface area contributed by atoms with Crippen molar-refractivity contribution in [3.05, 3.63) is 77.9 Å². The topological polar surface area (TPSA) is 52.6 Å². The summed E-state index contributed by atoms with van der Waals surface area (Å²) in [5.41, 5.74) is 1.67. The third-order valence-electron chi connectivity index (χ3n) is 3.91. The van der Waals surface area contributed by atoms with E-state index in [4.69, 9.17) is 9.47 Å². The van der Waals surface area contributed by atoms with Crippen LogP contribution >= 0.6 is 0 Å². The van der Waals surface area contributed by atoms with E-state index in [0.29, 0.717) is 0 Å². The van der Waals surface area contributed by atoms with Gasteiger partial charge in [-0.1, -0.05) is 72.8 Å². The van der Waals surface area contributed by atoms with Crippen LogP contribution in [0.4, 0.5) is 0 Å². The second-order valence-electron chi connectivity index (χ2n) is 5.69. The van der Waals surface area contributed by atoms with Crippen LogP contribution in [0, 0.1) is 5.92 Å². The summed E-state index contributed by atoms with van der Waals surface area (Å²) in [4.78, 5) is 25.2. The van der Waals surface area contributed by atoms with E-state index < -0.39 is 23.8 Å². The molecule has 2 aromatic carbocycles. The van der Waals surface area contributed by atoms with Crippen molar-refractivity contribution in [2.24, 2.45) is 5.92 Å². The zero-order chi connectivity index (χ0) is 18.8. The average molecular weight is 352 g/mol. The van der Waals surface area contributed by atoms with Gasteiger partial charge in [-0.15, -0.1) is 0 Å². The molecule has 0 aromatic heterocycles. The van der Waals surface area contributed by atoms with E-state index in [0.717, 1.165) is 11.1 Å². The number of carbonyl (C=O) groups is 2. The molecule has 0 fully saturated rings. The highest BCUT2D eigenvalue weighted by atomic mass is 16.5. The van der Waals surface area contributed by atoms with E-state index in [1.165, 1.54) is 0 Å². The third-order valence-corrected chi connectivity index (χ3v) is 3.91. The van der Waals surface area contributed by atoms with Crippen LogP contribution in [-0.2, 0) is 19.1 Å². The molecule has 2 unspecified atom stereocenters. The van der Waals surface area contributed by atoms with Crippen LogP contribution < -0.4 is 0 Å². The summed E-state index contributed by atoms with van der Waals surface area (Å²) in [6.45, 7) is 4.00. The van der Waals surface area contributed by atoms with Crippen molar-refractivity contribution in [3.63, 3.8) is 0 Å². The van der Waals surface area contributed by atoms with E-state index >= 15 is 0 Å². The van der Waals surface area contributed by atoms with Crippen LogP contribution in [0.5, 0.6) is 0 Å². The van der Waals surface area contributed by atoms with Crippen molar-refractivity contribution in [1.29, 1.82) is 0 Å². The minimum atomic E-state index is -0.767. The minimum absolute atomic E-state index is 0.249. The van der Waals surface area contributed by atoms with Crippen LogP contribution in [0.2, 0.25) is 0 Å². The molecule has 0 saturated carbocycles. The smallest absolute Gasteiger partial charge is 0.314 e. The maximum absolute atomic E-state index is 12.6. The molecular weight excluding hydrogens is 328 g/mol. The number of esters is 2. The van der Waals surface area contributed by atoms with Gasteiger partial charge in [-0.05, 0) is 25.0 Å². The van der Waals surface area contributed by atoms with Crippen LogP contribution in [0.3, 0.4) is 0 Å². The van der Waals surface area contributed by atoms with Crippen LogP contribution in [-0.4, -0.2) is 25.2 Å². The summed E-state index contributed by atoms with van der Waals surface area (Å²) in [7, 11) is 0. The quantitative estimate of drug-likeness (QED) is 0.667. The van der Waals surface area contributed by atoms with Crippen LogP contribution in [0.1, 0.15) is 30.9 Å². The van der Waals surface area contributed by atoms with Gasteiger partial charge in [0.05, 0.1) is 25.0 Å². The van der Waals surface area contributed by atoms with Gasteiger partial charge >= 0.3 is 11.9 Å². The zero-order valence-electron chi connectivity index (χ0n) is 15.1. The first-order valence-electron chi connectivity index (χ1n) is 8.78. The highest BCUT2D eigenvalue weighted by Gasteiger charge is 2.35. The number of carbonyl (C=O) groups excluding carboxylic acids is 2. The predicted octanol–water partition coefficient (Wildman–Crippen LogP) is 4.23. The first kappa shape index (κ1) is 19.4. The van der Waals surface area contributed by atoms with Gasteiger partial charge in [0, 0.05) is 0 Å². The SMILES string of the molecule is CCOC(=O)C(/C=C/c1ccccc1)C(C(=O)OCC)c1ccccc1. The molecule has 4 heteroatoms. The Morgan fingerprint density at radius 3 is 1.96 bits per heavy atom. The number of rotatable bonds is 8. The fourth-order valence-electron chi connectivity index (χ4n) is 2.73. The summed E-state index contributed by atoms with van der Waals surface area (Å²) < 4.78 is 10.5. The lowest BCUT2D eigenvalue weighted by atomic mass is 9.85. The van der Waals surface area contributed by atoms with Gasteiger partial charge in [-0.25, -0.2) is 0 Å². The Hall–Kier alpha value is -2.88. The van der Waals surface area contributed by atoms with Crippen LogP contribution in [0.25, 0.3) is 6.08 Å². The minimum Gasteiger partial charge on any atom is -0.466 e. The number of hydrogen-bond acceptors (Lipinski definition) is 4. The first-order valence-corrected chi connectivity index (χ1v) is 8.78.